The highest BCUT2D eigenvalue weighted by Gasteiger charge is 2.39. The molecule has 2 heterocycles. The molecule has 0 radical (unpaired) electrons. The number of nitrogens with one attached hydrogen (secondary N) is 1. The Morgan fingerprint density at radius 2 is 1.59 bits per heavy atom. The molecule has 2 aliphatic heterocycles. The summed E-state index contributed by atoms with van der Waals surface area (Å²) in [5.41, 5.74) is 2.68. The zero-order valence-corrected chi connectivity index (χ0v) is 32.1. The van der Waals surface area contributed by atoms with E-state index in [0.29, 0.717) is 60.9 Å². The summed E-state index contributed by atoms with van der Waals surface area (Å²) in [5.74, 6) is 0.0534. The van der Waals surface area contributed by atoms with Gasteiger partial charge in [-0.1, -0.05) is 63.3 Å². The highest BCUT2D eigenvalue weighted by atomic mass is 16.2. The molecule has 3 aliphatic rings. The minimum absolute atomic E-state index is 0.00707. The Hall–Kier alpha value is -3.65. The van der Waals surface area contributed by atoms with Gasteiger partial charge in [0.15, 0.2) is 17.3 Å². The first kappa shape index (κ1) is 40.1. The van der Waals surface area contributed by atoms with Crippen LogP contribution in [0.15, 0.2) is 65.3 Å². The molecule has 1 aromatic carbocycles. The van der Waals surface area contributed by atoms with Crippen LogP contribution in [0.2, 0.25) is 0 Å². The predicted octanol–water partition coefficient (Wildman–Crippen LogP) is 6.69. The molecule has 2 fully saturated rings. The number of piperidine rings is 1. The Morgan fingerprint density at radius 1 is 0.902 bits per heavy atom. The lowest BCUT2D eigenvalue weighted by molar-refractivity contribution is -0.140. The largest absolute Gasteiger partial charge is 0.354 e. The molecule has 1 aliphatic carbocycles. The summed E-state index contributed by atoms with van der Waals surface area (Å²) < 4.78 is 0. The topological polar surface area (TPSA) is 104 Å². The Morgan fingerprint density at radius 3 is 2.24 bits per heavy atom. The van der Waals surface area contributed by atoms with E-state index in [1.165, 1.54) is 6.08 Å². The van der Waals surface area contributed by atoms with Crippen LogP contribution in [-0.4, -0.2) is 77.2 Å². The number of Topliss-reactive ketones (excluding diaryl/α,β-unsaturated/α-hetero) is 2. The number of hydrogen-bond donors (Lipinski definition) is 1. The number of benzene rings is 1. The van der Waals surface area contributed by atoms with Crippen molar-refractivity contribution >= 4 is 29.2 Å². The fourth-order valence-electron chi connectivity index (χ4n) is 7.96. The minimum Gasteiger partial charge on any atom is -0.354 e. The first-order valence-corrected chi connectivity index (χ1v) is 19.3. The molecule has 1 N–H and O–H groups in total. The highest BCUT2D eigenvalue weighted by Crippen LogP contribution is 2.31. The van der Waals surface area contributed by atoms with Gasteiger partial charge in [0.25, 0.3) is 0 Å². The zero-order valence-electron chi connectivity index (χ0n) is 32.1. The summed E-state index contributed by atoms with van der Waals surface area (Å²) in [5, 5.41) is 3.06. The number of rotatable bonds is 16. The van der Waals surface area contributed by atoms with E-state index in [1.54, 1.807) is 18.7 Å². The summed E-state index contributed by atoms with van der Waals surface area (Å²) in [6.07, 6.45) is 11.1. The van der Waals surface area contributed by atoms with Gasteiger partial charge in [-0.3, -0.25) is 28.9 Å². The lowest BCUT2D eigenvalue weighted by Crippen LogP contribution is -2.45. The quantitative estimate of drug-likeness (QED) is 0.152. The second kappa shape index (κ2) is 18.7. The third-order valence-corrected chi connectivity index (χ3v) is 10.9. The normalized spacial score (nSPS) is 21.1. The van der Waals surface area contributed by atoms with E-state index < -0.39 is 12.0 Å². The standard InChI is InChI=1S/C43H61N3O5/c1-28(2)22-30(5)15-16-35(23-33-12-9-8-10-13-33)43(51)46-19-11-14-38(46)40(48)25-36(42(50)44-29(3)4)24-34-17-20-45(21-18-34)27-37-26-39(47)31(6)32(7)41(37)49/h8-10,12-13,15-16,26,28-30,34-36,38H,11,14,17-25,27H2,1-7H3,(H,44,50)/b16-15+/t30-,35-,36-,38+/m1/s1. The molecule has 0 unspecified atom stereocenters. The molecule has 8 nitrogen and oxygen atoms in total. The Bertz CT molecular complexity index is 1500. The van der Waals surface area contributed by atoms with Crippen molar-refractivity contribution in [3.05, 3.63) is 70.8 Å². The van der Waals surface area contributed by atoms with E-state index >= 15 is 0 Å². The lowest BCUT2D eigenvalue weighted by atomic mass is 9.83. The molecule has 8 heteroatoms. The fraction of sp³-hybridized carbons (Fsp3) is 0.605. The molecule has 0 spiro atoms. The van der Waals surface area contributed by atoms with Gasteiger partial charge < -0.3 is 10.2 Å². The number of carbonyl (C=O) groups excluding carboxylic acids is 5. The molecule has 0 saturated carbocycles. The van der Waals surface area contributed by atoms with Gasteiger partial charge >= 0.3 is 0 Å². The van der Waals surface area contributed by atoms with E-state index in [2.05, 4.69) is 43.1 Å². The van der Waals surface area contributed by atoms with Gasteiger partial charge in [-0.15, -0.1) is 0 Å². The molecule has 0 aromatic heterocycles. The molecule has 4 rings (SSSR count). The van der Waals surface area contributed by atoms with Crippen molar-refractivity contribution in [1.29, 1.82) is 0 Å². The first-order valence-electron chi connectivity index (χ1n) is 19.3. The molecule has 4 atom stereocenters. The van der Waals surface area contributed by atoms with E-state index in [-0.39, 0.29) is 53.5 Å². The van der Waals surface area contributed by atoms with E-state index in [4.69, 9.17) is 0 Å². The van der Waals surface area contributed by atoms with Crippen molar-refractivity contribution < 1.29 is 24.0 Å². The van der Waals surface area contributed by atoms with Crippen molar-refractivity contribution in [3.8, 4) is 0 Å². The summed E-state index contributed by atoms with van der Waals surface area (Å²) in [4.78, 5) is 71.0. The van der Waals surface area contributed by atoms with Gasteiger partial charge in [-0.2, -0.15) is 0 Å². The average molecular weight is 700 g/mol. The first-order chi connectivity index (χ1) is 24.2. The maximum Gasteiger partial charge on any atom is 0.230 e. The van der Waals surface area contributed by atoms with E-state index in [0.717, 1.165) is 44.3 Å². The lowest BCUT2D eigenvalue weighted by Gasteiger charge is -2.34. The van der Waals surface area contributed by atoms with Gasteiger partial charge in [-0.05, 0) is 115 Å². The summed E-state index contributed by atoms with van der Waals surface area (Å²) >= 11 is 0. The van der Waals surface area contributed by atoms with Gasteiger partial charge in [0, 0.05) is 48.2 Å². The second-order valence-corrected chi connectivity index (χ2v) is 16.1. The maximum absolute atomic E-state index is 14.2. The molecular formula is C43H61N3O5. The van der Waals surface area contributed by atoms with Crippen molar-refractivity contribution in [2.75, 3.05) is 26.2 Å². The average Bonchev–Trinajstić information content (AvgIpc) is 3.58. The number of amides is 2. The van der Waals surface area contributed by atoms with Gasteiger partial charge in [-0.25, -0.2) is 0 Å². The fourth-order valence-corrected chi connectivity index (χ4v) is 7.96. The van der Waals surface area contributed by atoms with Gasteiger partial charge in [0.1, 0.15) is 0 Å². The van der Waals surface area contributed by atoms with Crippen LogP contribution in [-0.2, 0) is 30.4 Å². The highest BCUT2D eigenvalue weighted by molar-refractivity contribution is 6.22. The van der Waals surface area contributed by atoms with Crippen LogP contribution in [0.4, 0.5) is 0 Å². The van der Waals surface area contributed by atoms with Gasteiger partial charge in [0.2, 0.25) is 11.8 Å². The Labute approximate surface area is 306 Å². The van der Waals surface area contributed by atoms with E-state index in [9.17, 15) is 24.0 Å². The SMILES string of the molecule is CC1=C(C)C(=O)C(CN2CCC(C[C@H](CC(=O)[C@@H]3CCCN3C(=O)[C@H](/C=C/[C@@H](C)CC(C)C)Cc3ccccc3)C(=O)NC(C)C)CC2)=CC1=O. The predicted molar refractivity (Wildman–Crippen MR) is 203 cm³/mol. The van der Waals surface area contributed by atoms with Crippen LogP contribution in [0.5, 0.6) is 0 Å². The van der Waals surface area contributed by atoms with Crippen LogP contribution in [0, 0.1) is 29.6 Å². The molecule has 1 aromatic rings. The van der Waals surface area contributed by atoms with Crippen LogP contribution in [0.25, 0.3) is 0 Å². The van der Waals surface area contributed by atoms with Crippen LogP contribution < -0.4 is 5.32 Å². The van der Waals surface area contributed by atoms with Crippen LogP contribution >= 0.6 is 0 Å². The molecule has 2 saturated heterocycles. The van der Waals surface area contributed by atoms with Crippen molar-refractivity contribution in [2.45, 2.75) is 112 Å². The second-order valence-electron chi connectivity index (χ2n) is 16.1. The van der Waals surface area contributed by atoms with Crippen molar-refractivity contribution in [2.24, 2.45) is 29.6 Å². The number of carbonyl (C=O) groups is 5. The zero-order chi connectivity index (χ0) is 37.2. The van der Waals surface area contributed by atoms with Gasteiger partial charge in [0.05, 0.1) is 12.0 Å². The monoisotopic (exact) mass is 699 g/mol. The molecule has 278 valence electrons. The van der Waals surface area contributed by atoms with Crippen LogP contribution in [0.1, 0.15) is 99.0 Å². The summed E-state index contributed by atoms with van der Waals surface area (Å²) in [6.45, 7) is 16.4. The Balaban J connectivity index is 1.42. The molecule has 0 bridgehead atoms. The van der Waals surface area contributed by atoms with E-state index in [1.807, 2.05) is 44.2 Å². The third-order valence-electron chi connectivity index (χ3n) is 10.9. The summed E-state index contributed by atoms with van der Waals surface area (Å²) in [7, 11) is 0. The molecule has 51 heavy (non-hydrogen) atoms. The molecule has 2 amide bonds. The number of nitrogens with zero attached hydrogens (tertiary/aromatic N) is 2. The number of ketones is 3. The molecular weight excluding hydrogens is 638 g/mol. The number of likely N-dealkylation sites (tertiary alicyclic amines) is 2. The van der Waals surface area contributed by atoms with Crippen molar-refractivity contribution in [1.82, 2.24) is 15.1 Å². The van der Waals surface area contributed by atoms with Crippen LogP contribution in [0.3, 0.4) is 0 Å². The van der Waals surface area contributed by atoms with Crippen molar-refractivity contribution in [3.63, 3.8) is 0 Å². The Kier molecular flexibility index (Phi) is 14.7. The minimum atomic E-state index is -0.515. The third kappa shape index (κ3) is 11.4. The number of hydrogen-bond acceptors (Lipinski definition) is 6. The maximum atomic E-state index is 14.2. The smallest absolute Gasteiger partial charge is 0.230 e. The number of allylic oxidation sites excluding steroid dienone is 4. The summed E-state index contributed by atoms with van der Waals surface area (Å²) in [6, 6.07) is 9.50.